The van der Waals surface area contributed by atoms with Crippen LogP contribution >= 0.6 is 0 Å². The molecular formula is C18H19FN2O5. The number of hydrogen-bond donors (Lipinski definition) is 1. The summed E-state index contributed by atoms with van der Waals surface area (Å²) in [6.45, 7) is 1.01. The predicted molar refractivity (Wildman–Crippen MR) is 91.1 cm³/mol. The topological polar surface area (TPSA) is 88.8 Å². The number of rotatable bonds is 5. The first-order valence-electron chi connectivity index (χ1n) is 8.16. The first-order chi connectivity index (χ1) is 12.3. The highest BCUT2D eigenvalue weighted by Gasteiger charge is 2.39. The van der Waals surface area contributed by atoms with E-state index in [2.05, 4.69) is 0 Å². The highest BCUT2D eigenvalue weighted by Crippen LogP contribution is 2.27. The van der Waals surface area contributed by atoms with Crippen molar-refractivity contribution in [2.45, 2.75) is 32.1 Å². The molecule has 1 aliphatic rings. The molecule has 2 heterocycles. The number of carboxylic acid groups (broad SMARTS) is 1. The predicted octanol–water partition coefficient (Wildman–Crippen LogP) is 1.88. The maximum absolute atomic E-state index is 13.6. The van der Waals surface area contributed by atoms with Crippen molar-refractivity contribution in [2.75, 3.05) is 13.7 Å². The molecule has 3 rings (SSSR count). The molecule has 0 spiro atoms. The van der Waals surface area contributed by atoms with Crippen molar-refractivity contribution in [1.29, 1.82) is 0 Å². The zero-order valence-electron chi connectivity index (χ0n) is 14.4. The van der Waals surface area contributed by atoms with Gasteiger partial charge in [0.25, 0.3) is 0 Å². The van der Waals surface area contributed by atoms with Crippen LogP contribution in [0.2, 0.25) is 0 Å². The summed E-state index contributed by atoms with van der Waals surface area (Å²) in [6.07, 6.45) is -0.00214. The SMILES string of the molecule is COc1ccc2c(C(C)=O)cn(CC(=O)N3C[C@H](F)C[C@H]3C(=O)O)c2c1. The van der Waals surface area contributed by atoms with Gasteiger partial charge in [0.1, 0.15) is 24.5 Å². The molecule has 0 radical (unpaired) electrons. The van der Waals surface area contributed by atoms with Gasteiger partial charge in [-0.05, 0) is 19.1 Å². The van der Waals surface area contributed by atoms with Crippen LogP contribution < -0.4 is 4.74 Å². The average Bonchev–Trinajstić information content (AvgIpc) is 3.15. The van der Waals surface area contributed by atoms with E-state index in [0.717, 1.165) is 4.90 Å². The third kappa shape index (κ3) is 3.14. The molecule has 0 unspecified atom stereocenters. The summed E-state index contributed by atoms with van der Waals surface area (Å²) in [6, 6.07) is 3.99. The number of nitrogens with zero attached hydrogens (tertiary/aromatic N) is 2. The van der Waals surface area contributed by atoms with Crippen LogP contribution in [0, 0.1) is 0 Å². The van der Waals surface area contributed by atoms with E-state index in [1.54, 1.807) is 29.0 Å². The van der Waals surface area contributed by atoms with Gasteiger partial charge < -0.3 is 19.3 Å². The molecule has 1 aromatic heterocycles. The fourth-order valence-electron chi connectivity index (χ4n) is 3.34. The lowest BCUT2D eigenvalue weighted by molar-refractivity contribution is -0.148. The van der Waals surface area contributed by atoms with Crippen LogP contribution in [0.15, 0.2) is 24.4 Å². The Morgan fingerprint density at radius 2 is 2.08 bits per heavy atom. The number of aliphatic carboxylic acids is 1. The minimum atomic E-state index is -1.35. The number of aromatic nitrogens is 1. The molecule has 1 aliphatic heterocycles. The number of halogens is 1. The molecule has 7 nitrogen and oxygen atoms in total. The Labute approximate surface area is 148 Å². The van der Waals surface area contributed by atoms with Gasteiger partial charge in [0.15, 0.2) is 5.78 Å². The minimum Gasteiger partial charge on any atom is -0.497 e. The molecule has 26 heavy (non-hydrogen) atoms. The van der Waals surface area contributed by atoms with E-state index in [-0.39, 0.29) is 25.3 Å². The van der Waals surface area contributed by atoms with Crippen LogP contribution in [0.25, 0.3) is 10.9 Å². The summed E-state index contributed by atoms with van der Waals surface area (Å²) in [4.78, 5) is 36.8. The van der Waals surface area contributed by atoms with Crippen molar-refractivity contribution in [3.63, 3.8) is 0 Å². The second-order valence-corrected chi connectivity index (χ2v) is 6.34. The maximum Gasteiger partial charge on any atom is 0.326 e. The van der Waals surface area contributed by atoms with E-state index in [0.29, 0.717) is 22.2 Å². The Hall–Kier alpha value is -2.90. The monoisotopic (exact) mass is 362 g/mol. The maximum atomic E-state index is 13.6. The molecule has 2 aromatic rings. The lowest BCUT2D eigenvalue weighted by atomic mass is 10.1. The molecule has 1 amide bonds. The van der Waals surface area contributed by atoms with Gasteiger partial charge in [-0.3, -0.25) is 9.59 Å². The van der Waals surface area contributed by atoms with Crippen LogP contribution in [0.4, 0.5) is 4.39 Å². The average molecular weight is 362 g/mol. The molecule has 138 valence electrons. The van der Waals surface area contributed by atoms with Crippen molar-refractivity contribution in [2.24, 2.45) is 0 Å². The van der Waals surface area contributed by atoms with Crippen LogP contribution in [0.5, 0.6) is 5.75 Å². The summed E-state index contributed by atoms with van der Waals surface area (Å²) < 4.78 is 20.4. The summed E-state index contributed by atoms with van der Waals surface area (Å²) in [7, 11) is 1.51. The number of Topliss-reactive ketones (excluding diaryl/α,β-unsaturated/α-hetero) is 1. The second kappa shape index (κ2) is 6.78. The van der Waals surface area contributed by atoms with Crippen LogP contribution in [0.1, 0.15) is 23.7 Å². The van der Waals surface area contributed by atoms with Gasteiger partial charge in [-0.15, -0.1) is 0 Å². The molecular weight excluding hydrogens is 343 g/mol. The van der Waals surface area contributed by atoms with Gasteiger partial charge in [-0.25, -0.2) is 9.18 Å². The Kier molecular flexibility index (Phi) is 4.67. The molecule has 1 saturated heterocycles. The summed E-state index contributed by atoms with van der Waals surface area (Å²) in [5.41, 5.74) is 1.07. The second-order valence-electron chi connectivity index (χ2n) is 6.34. The Bertz CT molecular complexity index is 891. The number of benzene rings is 1. The Balaban J connectivity index is 1.96. The van der Waals surface area contributed by atoms with Gasteiger partial charge in [0.2, 0.25) is 5.91 Å². The normalized spacial score (nSPS) is 19.7. The van der Waals surface area contributed by atoms with Crippen LogP contribution in [-0.2, 0) is 16.1 Å². The number of alkyl halides is 1. The highest BCUT2D eigenvalue weighted by molar-refractivity contribution is 6.07. The number of ketones is 1. The van der Waals surface area contributed by atoms with Gasteiger partial charge in [-0.2, -0.15) is 0 Å². The third-order valence-electron chi connectivity index (χ3n) is 4.63. The quantitative estimate of drug-likeness (QED) is 0.821. The van der Waals surface area contributed by atoms with E-state index in [1.807, 2.05) is 0 Å². The van der Waals surface area contributed by atoms with Crippen molar-refractivity contribution in [1.82, 2.24) is 9.47 Å². The number of carbonyl (C=O) groups excluding carboxylic acids is 2. The molecule has 1 N–H and O–H groups in total. The number of likely N-dealkylation sites (tertiary alicyclic amines) is 1. The van der Waals surface area contributed by atoms with Crippen molar-refractivity contribution >= 4 is 28.6 Å². The standard InChI is InChI=1S/C18H19FN2O5/c1-10(22)14-8-20(15-6-12(26-2)3-4-13(14)15)9-17(23)21-7-11(19)5-16(21)18(24)25/h3-4,6,8,11,16H,5,7,9H2,1-2H3,(H,24,25)/t11-,16+/m1/s1. The molecule has 0 aliphatic carbocycles. The lowest BCUT2D eigenvalue weighted by Gasteiger charge is -2.21. The molecule has 0 bridgehead atoms. The smallest absolute Gasteiger partial charge is 0.326 e. The van der Waals surface area contributed by atoms with Crippen molar-refractivity contribution in [3.05, 3.63) is 30.0 Å². The van der Waals surface area contributed by atoms with E-state index >= 15 is 0 Å². The van der Waals surface area contributed by atoms with Crippen LogP contribution in [-0.4, -0.2) is 58.1 Å². The summed E-state index contributed by atoms with van der Waals surface area (Å²) in [5, 5.41) is 9.88. The molecule has 1 aromatic carbocycles. The number of carbonyl (C=O) groups is 3. The van der Waals surface area contributed by atoms with E-state index in [4.69, 9.17) is 4.74 Å². The minimum absolute atomic E-state index is 0.153. The Morgan fingerprint density at radius 1 is 1.35 bits per heavy atom. The third-order valence-corrected chi connectivity index (χ3v) is 4.63. The molecule has 2 atom stereocenters. The van der Waals surface area contributed by atoms with E-state index < -0.39 is 24.1 Å². The molecule has 0 saturated carbocycles. The lowest BCUT2D eigenvalue weighted by Crippen LogP contribution is -2.42. The number of methoxy groups -OCH3 is 1. The first kappa shape index (κ1) is 17.9. The largest absolute Gasteiger partial charge is 0.497 e. The molecule has 8 heteroatoms. The van der Waals surface area contributed by atoms with Crippen molar-refractivity contribution < 1.29 is 28.6 Å². The number of hydrogen-bond acceptors (Lipinski definition) is 4. The fourth-order valence-corrected chi connectivity index (χ4v) is 3.34. The zero-order valence-corrected chi connectivity index (χ0v) is 14.4. The van der Waals surface area contributed by atoms with E-state index in [9.17, 15) is 23.9 Å². The van der Waals surface area contributed by atoms with Gasteiger partial charge in [0.05, 0.1) is 19.2 Å². The summed E-state index contributed by atoms with van der Waals surface area (Å²) >= 11 is 0. The summed E-state index contributed by atoms with van der Waals surface area (Å²) in [5.74, 6) is -1.32. The number of carboxylic acids is 1. The Morgan fingerprint density at radius 3 is 2.69 bits per heavy atom. The zero-order chi connectivity index (χ0) is 19.0. The number of amides is 1. The molecule has 1 fully saturated rings. The van der Waals surface area contributed by atoms with Crippen molar-refractivity contribution in [3.8, 4) is 5.75 Å². The van der Waals surface area contributed by atoms with Gasteiger partial charge in [0, 0.05) is 29.6 Å². The van der Waals surface area contributed by atoms with Gasteiger partial charge in [-0.1, -0.05) is 0 Å². The number of fused-ring (bicyclic) bond motifs is 1. The van der Waals surface area contributed by atoms with Gasteiger partial charge >= 0.3 is 5.97 Å². The van der Waals surface area contributed by atoms with E-state index in [1.165, 1.54) is 14.0 Å². The highest BCUT2D eigenvalue weighted by atomic mass is 19.1. The number of ether oxygens (including phenoxy) is 1. The van der Waals surface area contributed by atoms with Crippen LogP contribution in [0.3, 0.4) is 0 Å². The fraction of sp³-hybridized carbons (Fsp3) is 0.389. The first-order valence-corrected chi connectivity index (χ1v) is 8.16.